The molecule has 2 aromatic heterocycles. The minimum absolute atomic E-state index is 0.0885. The van der Waals surface area contributed by atoms with Crippen molar-refractivity contribution in [3.63, 3.8) is 0 Å². The first-order valence-corrected chi connectivity index (χ1v) is 8.81. The minimum atomic E-state index is -0.288. The number of carbonyl (C=O) groups excluding carboxylic acids is 3. The zero-order valence-corrected chi connectivity index (χ0v) is 14.8. The van der Waals surface area contributed by atoms with E-state index in [9.17, 15) is 14.4 Å². The van der Waals surface area contributed by atoms with E-state index in [1.807, 2.05) is 0 Å². The molecule has 0 saturated carbocycles. The molecule has 142 valence electrons. The molecule has 0 spiro atoms. The Morgan fingerprint density at radius 1 is 1.15 bits per heavy atom. The second-order valence-electron chi connectivity index (χ2n) is 6.24. The fraction of sp³-hybridized carbons (Fsp3) is 0.368. The molecule has 2 amide bonds. The summed E-state index contributed by atoms with van der Waals surface area (Å²) >= 11 is 0. The molecule has 0 atom stereocenters. The fourth-order valence-electron chi connectivity index (χ4n) is 2.93. The number of piperidine rings is 1. The summed E-state index contributed by atoms with van der Waals surface area (Å²) in [5.74, 6) is -0.841. The van der Waals surface area contributed by atoms with Gasteiger partial charge < -0.3 is 19.4 Å². The van der Waals surface area contributed by atoms with Crippen LogP contribution in [0.4, 0.5) is 0 Å². The number of esters is 1. The van der Waals surface area contributed by atoms with Gasteiger partial charge in [0.1, 0.15) is 12.9 Å². The summed E-state index contributed by atoms with van der Waals surface area (Å²) in [5.41, 5.74) is 1.02. The summed E-state index contributed by atoms with van der Waals surface area (Å²) in [7, 11) is 0. The monoisotopic (exact) mass is 371 g/mol. The lowest BCUT2D eigenvalue weighted by Gasteiger charge is -2.30. The highest BCUT2D eigenvalue weighted by molar-refractivity contribution is 5.94. The minimum Gasteiger partial charge on any atom is -0.472 e. The number of nitrogens with one attached hydrogen (secondary N) is 1. The highest BCUT2D eigenvalue weighted by atomic mass is 16.5. The molecule has 0 unspecified atom stereocenters. The maximum Gasteiger partial charge on any atom is 0.309 e. The Morgan fingerprint density at radius 2 is 1.89 bits per heavy atom. The van der Waals surface area contributed by atoms with Gasteiger partial charge in [0.15, 0.2) is 0 Å². The van der Waals surface area contributed by atoms with Crippen molar-refractivity contribution in [2.24, 2.45) is 5.92 Å². The van der Waals surface area contributed by atoms with Crippen LogP contribution in [0.2, 0.25) is 0 Å². The quantitative estimate of drug-likeness (QED) is 0.610. The van der Waals surface area contributed by atoms with Crippen LogP contribution in [0, 0.1) is 5.92 Å². The number of hydrogen-bond acceptors (Lipinski definition) is 6. The average molecular weight is 371 g/mol. The van der Waals surface area contributed by atoms with E-state index >= 15 is 0 Å². The summed E-state index contributed by atoms with van der Waals surface area (Å²) in [5, 5.41) is 2.69. The van der Waals surface area contributed by atoms with Crippen LogP contribution in [0.25, 0.3) is 0 Å². The number of carbonyl (C=O) groups is 3. The number of aromatic nitrogens is 1. The number of furan rings is 1. The summed E-state index contributed by atoms with van der Waals surface area (Å²) in [6.07, 6.45) is 7.09. The van der Waals surface area contributed by atoms with Gasteiger partial charge in [-0.3, -0.25) is 19.4 Å². The molecule has 0 radical (unpaired) electrons. The van der Waals surface area contributed by atoms with Gasteiger partial charge in [0, 0.05) is 31.0 Å². The topological polar surface area (TPSA) is 102 Å². The molecule has 0 aliphatic carbocycles. The Bertz CT molecular complexity index is 768. The molecule has 1 saturated heterocycles. The number of hydrogen-bond donors (Lipinski definition) is 1. The molecule has 27 heavy (non-hydrogen) atoms. The van der Waals surface area contributed by atoms with Crippen LogP contribution in [0.15, 0.2) is 47.5 Å². The number of nitrogens with zero attached hydrogens (tertiary/aromatic N) is 2. The molecule has 0 aromatic carbocycles. The van der Waals surface area contributed by atoms with Gasteiger partial charge in [-0.05, 0) is 31.0 Å². The lowest BCUT2D eigenvalue weighted by molar-refractivity contribution is -0.149. The van der Waals surface area contributed by atoms with Crippen LogP contribution in [0.3, 0.4) is 0 Å². The molecule has 1 N–H and O–H groups in total. The molecule has 8 heteroatoms. The van der Waals surface area contributed by atoms with Gasteiger partial charge in [0.2, 0.25) is 0 Å². The van der Waals surface area contributed by atoms with Crippen molar-refractivity contribution in [3.8, 4) is 0 Å². The molecule has 8 nitrogen and oxygen atoms in total. The predicted molar refractivity (Wildman–Crippen MR) is 94.9 cm³/mol. The van der Waals surface area contributed by atoms with E-state index in [1.54, 1.807) is 35.5 Å². The van der Waals surface area contributed by atoms with Crippen molar-refractivity contribution in [2.45, 2.75) is 12.8 Å². The first-order chi connectivity index (χ1) is 13.1. The summed E-state index contributed by atoms with van der Waals surface area (Å²) < 4.78 is 10.2. The molecule has 0 bridgehead atoms. The van der Waals surface area contributed by atoms with E-state index < -0.39 is 0 Å². The van der Waals surface area contributed by atoms with Gasteiger partial charge in [-0.25, -0.2) is 0 Å². The number of amides is 2. The zero-order chi connectivity index (χ0) is 19.1. The number of ether oxygens (including phenoxy) is 1. The van der Waals surface area contributed by atoms with Gasteiger partial charge in [0.05, 0.1) is 24.3 Å². The Morgan fingerprint density at radius 3 is 2.56 bits per heavy atom. The third kappa shape index (κ3) is 4.93. The van der Waals surface area contributed by atoms with Gasteiger partial charge >= 0.3 is 5.97 Å². The standard InChI is InChI=1S/C19H21N3O5/c23-17(14-1-6-20-7-2-14)21-8-12-27-19(25)15-3-9-22(10-4-15)18(24)16-5-11-26-13-16/h1-2,5-7,11,13,15H,3-4,8-10,12H2,(H,21,23). The highest BCUT2D eigenvalue weighted by Gasteiger charge is 2.29. The fourth-order valence-corrected chi connectivity index (χ4v) is 2.93. The molecule has 1 aliphatic heterocycles. The van der Waals surface area contributed by atoms with E-state index in [-0.39, 0.29) is 36.9 Å². The zero-order valence-electron chi connectivity index (χ0n) is 14.8. The molecule has 3 heterocycles. The van der Waals surface area contributed by atoms with Gasteiger partial charge in [-0.1, -0.05) is 0 Å². The molecule has 1 aliphatic rings. The van der Waals surface area contributed by atoms with Crippen molar-refractivity contribution < 1.29 is 23.5 Å². The predicted octanol–water partition coefficient (Wildman–Crippen LogP) is 1.50. The number of likely N-dealkylation sites (tertiary alicyclic amines) is 1. The molecular formula is C19H21N3O5. The third-order valence-corrected chi connectivity index (χ3v) is 4.46. The van der Waals surface area contributed by atoms with E-state index in [4.69, 9.17) is 9.15 Å². The van der Waals surface area contributed by atoms with Crippen LogP contribution in [0.1, 0.15) is 33.6 Å². The molecule has 1 fully saturated rings. The lowest BCUT2D eigenvalue weighted by atomic mass is 9.96. The molecule has 3 rings (SSSR count). The van der Waals surface area contributed by atoms with E-state index in [0.717, 1.165) is 0 Å². The normalized spacial score (nSPS) is 14.6. The van der Waals surface area contributed by atoms with Gasteiger partial charge in [0.25, 0.3) is 11.8 Å². The van der Waals surface area contributed by atoms with E-state index in [0.29, 0.717) is 37.1 Å². The van der Waals surface area contributed by atoms with Gasteiger partial charge in [-0.2, -0.15) is 0 Å². The first-order valence-electron chi connectivity index (χ1n) is 8.81. The Balaban J connectivity index is 1.35. The number of rotatable bonds is 6. The third-order valence-electron chi connectivity index (χ3n) is 4.46. The molecule has 2 aromatic rings. The van der Waals surface area contributed by atoms with Crippen molar-refractivity contribution >= 4 is 17.8 Å². The smallest absolute Gasteiger partial charge is 0.309 e. The maximum absolute atomic E-state index is 12.2. The summed E-state index contributed by atoms with van der Waals surface area (Å²) in [6.45, 7) is 1.36. The van der Waals surface area contributed by atoms with Crippen molar-refractivity contribution in [1.29, 1.82) is 0 Å². The van der Waals surface area contributed by atoms with Crippen LogP contribution in [-0.4, -0.2) is 53.9 Å². The van der Waals surface area contributed by atoms with Crippen molar-refractivity contribution in [3.05, 3.63) is 54.2 Å². The first kappa shape index (κ1) is 18.6. The van der Waals surface area contributed by atoms with Crippen LogP contribution in [-0.2, 0) is 9.53 Å². The van der Waals surface area contributed by atoms with Crippen molar-refractivity contribution in [2.75, 3.05) is 26.2 Å². The van der Waals surface area contributed by atoms with Gasteiger partial charge in [-0.15, -0.1) is 0 Å². The Kier molecular flexibility index (Phi) is 6.19. The molecular weight excluding hydrogens is 350 g/mol. The maximum atomic E-state index is 12.2. The summed E-state index contributed by atoms with van der Waals surface area (Å²) in [6, 6.07) is 4.85. The summed E-state index contributed by atoms with van der Waals surface area (Å²) in [4.78, 5) is 41.8. The highest BCUT2D eigenvalue weighted by Crippen LogP contribution is 2.20. The second kappa shape index (κ2) is 8.98. The van der Waals surface area contributed by atoms with E-state index in [1.165, 1.54) is 12.5 Å². The lowest BCUT2D eigenvalue weighted by Crippen LogP contribution is -2.40. The Labute approximate surface area is 156 Å². The number of pyridine rings is 1. The second-order valence-corrected chi connectivity index (χ2v) is 6.24. The van der Waals surface area contributed by atoms with Crippen LogP contribution >= 0.6 is 0 Å². The average Bonchev–Trinajstić information content (AvgIpc) is 3.26. The largest absolute Gasteiger partial charge is 0.472 e. The van der Waals surface area contributed by atoms with E-state index in [2.05, 4.69) is 10.3 Å². The van der Waals surface area contributed by atoms with Crippen LogP contribution in [0.5, 0.6) is 0 Å². The SMILES string of the molecule is O=C(NCCOC(=O)C1CCN(C(=O)c2ccoc2)CC1)c1ccncc1. The Hall–Kier alpha value is -3.16. The van der Waals surface area contributed by atoms with Crippen molar-refractivity contribution in [1.82, 2.24) is 15.2 Å². The van der Waals surface area contributed by atoms with Crippen LogP contribution < -0.4 is 5.32 Å².